The van der Waals surface area contributed by atoms with E-state index in [0.717, 1.165) is 11.8 Å². The van der Waals surface area contributed by atoms with Gasteiger partial charge in [0.05, 0.1) is 17.3 Å². The molecule has 110 valence electrons. The largest absolute Gasteiger partial charge is 0.399 e. The summed E-state index contributed by atoms with van der Waals surface area (Å²) in [5.74, 6) is 0.487. The first kappa shape index (κ1) is 14.8. The summed E-state index contributed by atoms with van der Waals surface area (Å²) >= 11 is 0. The predicted octanol–water partition coefficient (Wildman–Crippen LogP) is 0.221. The lowest BCUT2D eigenvalue weighted by Gasteiger charge is -2.11. The molecule has 1 unspecified atom stereocenters. The van der Waals surface area contributed by atoms with Crippen molar-refractivity contribution < 1.29 is 13.5 Å². The Morgan fingerprint density at radius 1 is 1.50 bits per heavy atom. The minimum atomic E-state index is -3.24. The highest BCUT2D eigenvalue weighted by Gasteiger charge is 2.15. The van der Waals surface area contributed by atoms with E-state index in [0.29, 0.717) is 23.6 Å². The Kier molecular flexibility index (Phi) is 3.98. The number of nitrogens with one attached hydrogen (secondary N) is 1. The van der Waals surface area contributed by atoms with Crippen LogP contribution in [-0.4, -0.2) is 35.9 Å². The van der Waals surface area contributed by atoms with Gasteiger partial charge in [-0.1, -0.05) is 0 Å². The molecule has 0 saturated heterocycles. The number of benzene rings is 1. The molecule has 2 rings (SSSR count). The molecule has 0 amide bonds. The molecule has 0 radical (unpaired) electrons. The van der Waals surface area contributed by atoms with E-state index < -0.39 is 16.1 Å². The number of aromatic nitrogens is 2. The number of hydrogen-bond donors (Lipinski definition) is 3. The van der Waals surface area contributed by atoms with Crippen molar-refractivity contribution in [2.45, 2.75) is 19.6 Å². The zero-order chi connectivity index (χ0) is 14.9. The van der Waals surface area contributed by atoms with Gasteiger partial charge in [-0.15, -0.1) is 0 Å². The number of hydrogen-bond acceptors (Lipinski definition) is 5. The third-order valence-electron chi connectivity index (χ3n) is 2.88. The van der Waals surface area contributed by atoms with Gasteiger partial charge in [0.15, 0.2) is 0 Å². The average molecular weight is 298 g/mol. The fourth-order valence-electron chi connectivity index (χ4n) is 2.06. The highest BCUT2D eigenvalue weighted by molar-refractivity contribution is 7.88. The molecule has 1 atom stereocenters. The van der Waals surface area contributed by atoms with Crippen LogP contribution in [-0.2, 0) is 16.6 Å². The van der Waals surface area contributed by atoms with Crippen LogP contribution in [0.15, 0.2) is 18.2 Å². The van der Waals surface area contributed by atoms with Crippen LogP contribution in [0.25, 0.3) is 11.0 Å². The Hall–Kier alpha value is -1.64. The van der Waals surface area contributed by atoms with Crippen molar-refractivity contribution in [3.05, 3.63) is 24.0 Å². The third-order valence-corrected chi connectivity index (χ3v) is 3.60. The second-order valence-corrected chi connectivity index (χ2v) is 6.55. The summed E-state index contributed by atoms with van der Waals surface area (Å²) in [5, 5.41) is 9.78. The molecule has 4 N–H and O–H groups in total. The van der Waals surface area contributed by atoms with Gasteiger partial charge in [0.25, 0.3) is 0 Å². The zero-order valence-electron chi connectivity index (χ0n) is 11.4. The number of imidazole rings is 1. The second-order valence-electron chi connectivity index (χ2n) is 4.71. The molecule has 0 spiro atoms. The van der Waals surface area contributed by atoms with Crippen molar-refractivity contribution in [3.8, 4) is 0 Å². The van der Waals surface area contributed by atoms with E-state index in [-0.39, 0.29) is 6.54 Å². The maximum absolute atomic E-state index is 11.1. The minimum absolute atomic E-state index is 0.231. The van der Waals surface area contributed by atoms with Gasteiger partial charge >= 0.3 is 0 Å². The Morgan fingerprint density at radius 2 is 2.20 bits per heavy atom. The molecule has 7 nitrogen and oxygen atoms in total. The molecule has 0 saturated carbocycles. The monoisotopic (exact) mass is 298 g/mol. The second kappa shape index (κ2) is 5.39. The highest BCUT2D eigenvalue weighted by atomic mass is 32.2. The van der Waals surface area contributed by atoms with Crippen LogP contribution in [0.3, 0.4) is 0 Å². The first-order chi connectivity index (χ1) is 9.28. The maximum atomic E-state index is 11.1. The van der Waals surface area contributed by atoms with Crippen molar-refractivity contribution in [2.75, 3.05) is 18.5 Å². The van der Waals surface area contributed by atoms with Crippen molar-refractivity contribution in [2.24, 2.45) is 0 Å². The molecule has 0 fully saturated rings. The van der Waals surface area contributed by atoms with Crippen LogP contribution in [0.1, 0.15) is 18.9 Å². The van der Waals surface area contributed by atoms with Gasteiger partial charge in [-0.05, 0) is 25.1 Å². The first-order valence-corrected chi connectivity index (χ1v) is 8.05. The summed E-state index contributed by atoms with van der Waals surface area (Å²) in [6, 6.07) is 5.28. The Bertz CT molecular complexity index is 722. The number of rotatable bonds is 5. The molecular weight excluding hydrogens is 280 g/mol. The summed E-state index contributed by atoms with van der Waals surface area (Å²) in [5.41, 5.74) is 7.80. The maximum Gasteiger partial charge on any atom is 0.208 e. The van der Waals surface area contributed by atoms with E-state index in [2.05, 4.69) is 9.71 Å². The van der Waals surface area contributed by atoms with E-state index >= 15 is 0 Å². The molecule has 1 aromatic heterocycles. The smallest absolute Gasteiger partial charge is 0.208 e. The van der Waals surface area contributed by atoms with Crippen LogP contribution >= 0.6 is 0 Å². The quantitative estimate of drug-likeness (QED) is 0.684. The summed E-state index contributed by atoms with van der Waals surface area (Å²) in [7, 11) is -3.24. The first-order valence-electron chi connectivity index (χ1n) is 6.16. The molecule has 0 aliphatic rings. The molecule has 1 aromatic carbocycles. The van der Waals surface area contributed by atoms with Gasteiger partial charge in [0.2, 0.25) is 10.0 Å². The number of aliphatic hydroxyl groups excluding tert-OH is 1. The molecule has 0 bridgehead atoms. The van der Waals surface area contributed by atoms with Crippen LogP contribution in [0.4, 0.5) is 5.69 Å². The molecular formula is C12H18N4O3S. The SMILES string of the molecule is CC(O)c1nc2cc(N)ccc2n1CCNS(C)(=O)=O. The number of sulfonamides is 1. The normalized spacial score (nSPS) is 13.8. The average Bonchev–Trinajstić information content (AvgIpc) is 2.66. The number of aliphatic hydroxyl groups is 1. The summed E-state index contributed by atoms with van der Waals surface area (Å²) in [6.07, 6.45) is 0.358. The third kappa shape index (κ3) is 3.27. The van der Waals surface area contributed by atoms with Crippen LogP contribution < -0.4 is 10.5 Å². The summed E-state index contributed by atoms with van der Waals surface area (Å²) in [6.45, 7) is 2.23. The number of nitrogen functional groups attached to an aromatic ring is 1. The number of nitrogens with zero attached hydrogens (tertiary/aromatic N) is 2. The molecule has 1 heterocycles. The highest BCUT2D eigenvalue weighted by Crippen LogP contribution is 2.22. The molecule has 2 aromatic rings. The Labute approximate surface area is 117 Å². The van der Waals surface area contributed by atoms with Gasteiger partial charge in [-0.25, -0.2) is 18.1 Å². The fraction of sp³-hybridized carbons (Fsp3) is 0.417. The van der Waals surface area contributed by atoms with Gasteiger partial charge in [-0.2, -0.15) is 0 Å². The molecule has 20 heavy (non-hydrogen) atoms. The Balaban J connectivity index is 2.36. The van der Waals surface area contributed by atoms with Gasteiger partial charge < -0.3 is 15.4 Å². The standard InChI is InChI=1S/C12H18N4O3S/c1-8(17)12-15-10-7-9(13)3-4-11(10)16(12)6-5-14-20(2,18)19/h3-4,7-8,14,17H,5-6,13H2,1-2H3. The number of anilines is 1. The van der Waals surface area contributed by atoms with E-state index in [1.165, 1.54) is 0 Å². The van der Waals surface area contributed by atoms with Gasteiger partial charge in [-0.3, -0.25) is 0 Å². The predicted molar refractivity (Wildman–Crippen MR) is 77.6 cm³/mol. The van der Waals surface area contributed by atoms with E-state index in [9.17, 15) is 13.5 Å². The topological polar surface area (TPSA) is 110 Å². The minimum Gasteiger partial charge on any atom is -0.399 e. The number of nitrogens with two attached hydrogens (primary N) is 1. The number of fused-ring (bicyclic) bond motifs is 1. The molecule has 8 heteroatoms. The van der Waals surface area contributed by atoms with E-state index in [4.69, 9.17) is 5.73 Å². The lowest BCUT2D eigenvalue weighted by molar-refractivity contribution is 0.184. The van der Waals surface area contributed by atoms with Crippen molar-refractivity contribution >= 4 is 26.7 Å². The molecule has 0 aliphatic carbocycles. The van der Waals surface area contributed by atoms with Crippen molar-refractivity contribution in [1.82, 2.24) is 14.3 Å². The van der Waals surface area contributed by atoms with Gasteiger partial charge in [0.1, 0.15) is 11.9 Å². The van der Waals surface area contributed by atoms with Gasteiger partial charge in [0, 0.05) is 18.8 Å². The zero-order valence-corrected chi connectivity index (χ0v) is 12.2. The fourth-order valence-corrected chi connectivity index (χ4v) is 2.52. The van der Waals surface area contributed by atoms with Crippen LogP contribution in [0.5, 0.6) is 0 Å². The van der Waals surface area contributed by atoms with Crippen molar-refractivity contribution in [1.29, 1.82) is 0 Å². The van der Waals surface area contributed by atoms with Crippen LogP contribution in [0.2, 0.25) is 0 Å². The van der Waals surface area contributed by atoms with Crippen LogP contribution in [0, 0.1) is 0 Å². The lowest BCUT2D eigenvalue weighted by atomic mass is 10.3. The lowest BCUT2D eigenvalue weighted by Crippen LogP contribution is -2.26. The van der Waals surface area contributed by atoms with E-state index in [1.54, 1.807) is 23.6 Å². The Morgan fingerprint density at radius 3 is 2.80 bits per heavy atom. The molecule has 0 aliphatic heterocycles. The summed E-state index contributed by atoms with van der Waals surface area (Å²) in [4.78, 5) is 4.34. The van der Waals surface area contributed by atoms with E-state index in [1.807, 2.05) is 6.07 Å². The summed E-state index contributed by atoms with van der Waals surface area (Å²) < 4.78 is 26.4. The van der Waals surface area contributed by atoms with Crippen molar-refractivity contribution in [3.63, 3.8) is 0 Å².